The first-order valence-corrected chi connectivity index (χ1v) is 4.14. The zero-order valence-electron chi connectivity index (χ0n) is 8.40. The molecule has 2 N–H and O–H groups in total. The smallest absolute Gasteiger partial charge is 0.153 e. The van der Waals surface area contributed by atoms with Gasteiger partial charge in [-0.2, -0.15) is 0 Å². The summed E-state index contributed by atoms with van der Waals surface area (Å²) in [5.74, 6) is -1.98. The number of hydrogen-bond acceptors (Lipinski definition) is 5. The molecule has 0 aromatic heterocycles. The van der Waals surface area contributed by atoms with Crippen molar-refractivity contribution in [3.63, 3.8) is 0 Å². The Morgan fingerprint density at radius 1 is 1.00 bits per heavy atom. The summed E-state index contributed by atoms with van der Waals surface area (Å²) < 4.78 is 0. The van der Waals surface area contributed by atoms with Crippen LogP contribution in [0.2, 0.25) is 0 Å². The molecule has 0 saturated heterocycles. The molecule has 0 unspecified atom stereocenters. The average Bonchev–Trinajstić information content (AvgIpc) is 1.97. The van der Waals surface area contributed by atoms with Crippen LogP contribution in [-0.4, -0.2) is 33.9 Å². The first-order valence-electron chi connectivity index (χ1n) is 4.14. The molecule has 0 heterocycles. The lowest BCUT2D eigenvalue weighted by atomic mass is 9.74. The van der Waals surface area contributed by atoms with E-state index < -0.39 is 35.5 Å². The fourth-order valence-corrected chi connectivity index (χ4v) is 1.45. The fourth-order valence-electron chi connectivity index (χ4n) is 1.45. The Balaban J connectivity index is 5.28. The number of hydrogen-bond donors (Lipinski definition) is 2. The van der Waals surface area contributed by atoms with Crippen molar-refractivity contribution in [2.45, 2.75) is 33.5 Å². The van der Waals surface area contributed by atoms with Gasteiger partial charge in [0.15, 0.2) is 23.6 Å². The lowest BCUT2D eigenvalue weighted by Crippen LogP contribution is -2.45. The van der Waals surface area contributed by atoms with E-state index in [-0.39, 0.29) is 0 Å². The first kappa shape index (κ1) is 12.9. The molecule has 0 aliphatic rings. The van der Waals surface area contributed by atoms with E-state index >= 15 is 0 Å². The van der Waals surface area contributed by atoms with Gasteiger partial charge in [-0.3, -0.25) is 14.4 Å². The van der Waals surface area contributed by atoms with Crippen LogP contribution in [0, 0.1) is 5.41 Å². The normalized spacial score (nSPS) is 11.6. The van der Waals surface area contributed by atoms with Crippen LogP contribution in [0.1, 0.15) is 27.2 Å². The summed E-state index contributed by atoms with van der Waals surface area (Å²) in [6, 6.07) is 0. The standard InChI is InChI=1S/C9H14O5/c1-5(10)9(6(2)11,7(3)12)4-8(13)14/h8,13-14H,4H2,1-3H3. The third kappa shape index (κ3) is 2.24. The Kier molecular flexibility index (Phi) is 4.09. The minimum atomic E-state index is -1.89. The van der Waals surface area contributed by atoms with Crippen LogP contribution in [0.15, 0.2) is 0 Å². The van der Waals surface area contributed by atoms with Crippen molar-refractivity contribution in [1.29, 1.82) is 0 Å². The molecule has 0 atom stereocenters. The molecule has 0 fully saturated rings. The highest BCUT2D eigenvalue weighted by molar-refractivity contribution is 6.22. The number of rotatable bonds is 5. The van der Waals surface area contributed by atoms with Crippen LogP contribution in [0.25, 0.3) is 0 Å². The van der Waals surface area contributed by atoms with Gasteiger partial charge < -0.3 is 10.2 Å². The second-order valence-electron chi connectivity index (χ2n) is 3.26. The maximum atomic E-state index is 11.2. The second-order valence-corrected chi connectivity index (χ2v) is 3.26. The fraction of sp³-hybridized carbons (Fsp3) is 0.667. The molecular formula is C9H14O5. The average molecular weight is 202 g/mol. The Bertz CT molecular complexity index is 230. The molecule has 0 bridgehead atoms. The molecule has 0 aliphatic heterocycles. The summed E-state index contributed by atoms with van der Waals surface area (Å²) in [7, 11) is 0. The van der Waals surface area contributed by atoms with Gasteiger partial charge in [0, 0.05) is 6.42 Å². The molecule has 0 rings (SSSR count). The van der Waals surface area contributed by atoms with Crippen molar-refractivity contribution < 1.29 is 24.6 Å². The van der Waals surface area contributed by atoms with E-state index in [4.69, 9.17) is 10.2 Å². The van der Waals surface area contributed by atoms with E-state index in [9.17, 15) is 14.4 Å². The lowest BCUT2D eigenvalue weighted by Gasteiger charge is -2.26. The highest BCUT2D eigenvalue weighted by atomic mass is 16.5. The summed E-state index contributed by atoms with van der Waals surface area (Å²) in [6.07, 6.45) is -2.43. The van der Waals surface area contributed by atoms with Gasteiger partial charge >= 0.3 is 0 Å². The maximum Gasteiger partial charge on any atom is 0.153 e. The maximum absolute atomic E-state index is 11.2. The van der Waals surface area contributed by atoms with Gasteiger partial charge in [-0.1, -0.05) is 0 Å². The quantitative estimate of drug-likeness (QED) is 0.460. The van der Waals surface area contributed by atoms with Crippen LogP contribution in [-0.2, 0) is 14.4 Å². The minimum Gasteiger partial charge on any atom is -0.368 e. The number of carbonyl (C=O) groups is 3. The molecule has 0 amide bonds. The van der Waals surface area contributed by atoms with Crippen LogP contribution < -0.4 is 0 Å². The largest absolute Gasteiger partial charge is 0.368 e. The number of aliphatic hydroxyl groups is 2. The molecule has 80 valence electrons. The summed E-state index contributed by atoms with van der Waals surface area (Å²) in [5.41, 5.74) is -1.89. The van der Waals surface area contributed by atoms with Gasteiger partial charge in [-0.25, -0.2) is 0 Å². The molecule has 0 saturated carbocycles. The van der Waals surface area contributed by atoms with E-state index in [2.05, 4.69) is 0 Å². The molecule has 0 aliphatic carbocycles. The Labute approximate surface area is 81.7 Å². The summed E-state index contributed by atoms with van der Waals surface area (Å²) in [5, 5.41) is 17.5. The van der Waals surface area contributed by atoms with E-state index in [0.717, 1.165) is 20.8 Å². The number of aliphatic hydroxyl groups excluding tert-OH is 1. The number of carbonyl (C=O) groups excluding carboxylic acids is 3. The molecule has 5 nitrogen and oxygen atoms in total. The van der Waals surface area contributed by atoms with E-state index in [1.54, 1.807) is 0 Å². The zero-order valence-corrected chi connectivity index (χ0v) is 8.40. The van der Waals surface area contributed by atoms with E-state index in [1.165, 1.54) is 0 Å². The van der Waals surface area contributed by atoms with E-state index in [1.807, 2.05) is 0 Å². The SMILES string of the molecule is CC(=O)C(CC(O)O)(C(C)=O)C(C)=O. The van der Waals surface area contributed by atoms with Gasteiger partial charge in [0.1, 0.15) is 5.41 Å². The molecule has 0 spiro atoms. The number of ketones is 3. The van der Waals surface area contributed by atoms with Crippen LogP contribution >= 0.6 is 0 Å². The van der Waals surface area contributed by atoms with E-state index in [0.29, 0.717) is 0 Å². The molecule has 0 radical (unpaired) electrons. The monoisotopic (exact) mass is 202 g/mol. The van der Waals surface area contributed by atoms with Crippen molar-refractivity contribution in [2.24, 2.45) is 5.41 Å². The van der Waals surface area contributed by atoms with Crippen LogP contribution in [0.3, 0.4) is 0 Å². The highest BCUT2D eigenvalue weighted by Gasteiger charge is 2.46. The third-order valence-electron chi connectivity index (χ3n) is 2.29. The van der Waals surface area contributed by atoms with Crippen molar-refractivity contribution in [3.8, 4) is 0 Å². The first-order chi connectivity index (χ1) is 6.25. The number of Topliss-reactive ketones (excluding diaryl/α,β-unsaturated/α-hetero) is 3. The predicted molar refractivity (Wildman–Crippen MR) is 47.3 cm³/mol. The van der Waals surface area contributed by atoms with Gasteiger partial charge in [0.2, 0.25) is 0 Å². The molecular weight excluding hydrogens is 188 g/mol. The zero-order chi connectivity index (χ0) is 11.5. The third-order valence-corrected chi connectivity index (χ3v) is 2.29. The molecule has 14 heavy (non-hydrogen) atoms. The van der Waals surface area contributed by atoms with Crippen molar-refractivity contribution in [3.05, 3.63) is 0 Å². The van der Waals surface area contributed by atoms with Crippen molar-refractivity contribution in [2.75, 3.05) is 0 Å². The second kappa shape index (κ2) is 4.43. The van der Waals surface area contributed by atoms with Crippen molar-refractivity contribution >= 4 is 17.3 Å². The summed E-state index contributed by atoms with van der Waals surface area (Å²) in [4.78, 5) is 33.7. The highest BCUT2D eigenvalue weighted by Crippen LogP contribution is 2.27. The summed E-state index contributed by atoms with van der Waals surface area (Å²) in [6.45, 7) is 3.27. The van der Waals surface area contributed by atoms with Gasteiger partial charge in [0.25, 0.3) is 0 Å². The molecule has 0 aromatic carbocycles. The van der Waals surface area contributed by atoms with Gasteiger partial charge in [-0.15, -0.1) is 0 Å². The predicted octanol–water partition coefficient (Wildman–Crippen LogP) is -0.559. The Morgan fingerprint density at radius 2 is 1.29 bits per heavy atom. The lowest BCUT2D eigenvalue weighted by molar-refractivity contribution is -0.154. The van der Waals surface area contributed by atoms with Crippen LogP contribution in [0.4, 0.5) is 0 Å². The molecule has 5 heteroatoms. The van der Waals surface area contributed by atoms with Crippen LogP contribution in [0.5, 0.6) is 0 Å². The minimum absolute atomic E-state index is 0.576. The van der Waals surface area contributed by atoms with Gasteiger partial charge in [0.05, 0.1) is 0 Å². The molecule has 0 aromatic rings. The topological polar surface area (TPSA) is 91.7 Å². The Hall–Kier alpha value is -1.07. The van der Waals surface area contributed by atoms with Gasteiger partial charge in [-0.05, 0) is 20.8 Å². The van der Waals surface area contributed by atoms with Crippen molar-refractivity contribution in [1.82, 2.24) is 0 Å². The summed E-state index contributed by atoms with van der Waals surface area (Å²) >= 11 is 0. The Morgan fingerprint density at radius 3 is 1.36 bits per heavy atom.